The number of nitrogens with zero attached hydrogens (tertiary/aromatic N) is 6. The average molecular weight is 469 g/mol. The number of anilines is 1. The zero-order valence-corrected chi connectivity index (χ0v) is 17.2. The van der Waals surface area contributed by atoms with Crippen molar-refractivity contribution in [3.05, 3.63) is 26.8 Å². The van der Waals surface area contributed by atoms with Crippen molar-refractivity contribution in [1.82, 2.24) is 29.8 Å². The van der Waals surface area contributed by atoms with Gasteiger partial charge in [0.25, 0.3) is 11.8 Å². The number of amides is 2. The number of carboxylic acid groups (broad SMARTS) is 1. The molecule has 4 N–H and O–H groups in total. The minimum absolute atomic E-state index is 0.0707. The van der Waals surface area contributed by atoms with Gasteiger partial charge in [0.1, 0.15) is 17.2 Å². The topological polar surface area (TPSA) is 194 Å². The van der Waals surface area contributed by atoms with Gasteiger partial charge in [-0.3, -0.25) is 14.5 Å². The van der Waals surface area contributed by atoms with Gasteiger partial charge in [-0.2, -0.15) is 4.37 Å². The third kappa shape index (κ3) is 3.52. The first-order valence-corrected chi connectivity index (χ1v) is 10.8. The molecule has 13 nitrogen and oxygen atoms in total. The molecule has 0 radical (unpaired) electrons. The lowest BCUT2D eigenvalue weighted by Gasteiger charge is -2.50. The number of carbonyl (C=O) groups is 3. The lowest BCUT2D eigenvalue weighted by molar-refractivity contribution is -0.156. The van der Waals surface area contributed by atoms with E-state index in [2.05, 4.69) is 30.0 Å². The minimum Gasteiger partial charge on any atom is -0.477 e. The summed E-state index contributed by atoms with van der Waals surface area (Å²) < 4.78 is 4.36. The van der Waals surface area contributed by atoms with Crippen LogP contribution >= 0.6 is 34.6 Å². The fraction of sp³-hybridized carbons (Fsp3) is 0.357. The molecule has 1 fully saturated rings. The van der Waals surface area contributed by atoms with Crippen LogP contribution in [0.3, 0.4) is 0 Å². The van der Waals surface area contributed by atoms with E-state index in [1.165, 1.54) is 16.8 Å². The molecule has 0 aliphatic carbocycles. The molecule has 2 aliphatic heterocycles. The molecule has 0 spiro atoms. The van der Waals surface area contributed by atoms with Crippen molar-refractivity contribution in [3.63, 3.8) is 0 Å². The number of hydrogen-bond donors (Lipinski definition) is 3. The molecule has 0 aromatic carbocycles. The van der Waals surface area contributed by atoms with Crippen molar-refractivity contribution in [1.29, 1.82) is 0 Å². The first kappa shape index (κ1) is 20.3. The summed E-state index contributed by atoms with van der Waals surface area (Å²) in [7, 11) is 0. The summed E-state index contributed by atoms with van der Waals surface area (Å²) in [4.78, 5) is 53.5. The first-order valence-electron chi connectivity index (χ1n) is 8.36. The lowest BCUT2D eigenvalue weighted by atomic mass is 9.86. The van der Waals surface area contributed by atoms with Gasteiger partial charge in [0.2, 0.25) is 6.04 Å². The Bertz CT molecular complexity index is 1050. The molecule has 30 heavy (non-hydrogen) atoms. The SMILES string of the molecule is Nc1nc(C(N=O)C(=O)N[C@@H]2C(=O)N3C(C(=O)O)=C(Sc4nncs4)CC[C@H]23)ns1. The van der Waals surface area contributed by atoms with Crippen molar-refractivity contribution in [2.75, 3.05) is 5.73 Å². The Morgan fingerprint density at radius 3 is 2.87 bits per heavy atom. The standard InChI is InChI=1S/C14H12N8O5S3/c15-13-18-9(21-30-13)7(20-27)10(23)17-6-4-1-2-5(29-14-19-16-3-28-14)8(12(25)26)22(4)11(6)24/h3-4,6-7H,1-2H2,(H,17,23)(H,25,26)(H2,15,18,21)/t4-,6+,7?/m1/s1. The maximum absolute atomic E-state index is 12.7. The number of nitrogens with one attached hydrogen (secondary N) is 1. The Kier molecular flexibility index (Phi) is 5.44. The molecule has 2 aromatic heterocycles. The number of aliphatic carboxylic acids is 1. The van der Waals surface area contributed by atoms with Crippen LogP contribution in [0.5, 0.6) is 0 Å². The van der Waals surface area contributed by atoms with Crippen molar-refractivity contribution in [2.24, 2.45) is 5.18 Å². The summed E-state index contributed by atoms with van der Waals surface area (Å²) in [6, 6.07) is -3.07. The van der Waals surface area contributed by atoms with Crippen LogP contribution in [0.25, 0.3) is 0 Å². The van der Waals surface area contributed by atoms with Gasteiger partial charge in [0.15, 0.2) is 15.3 Å². The number of β-lactam (4-membered cyclic amide) rings is 1. The van der Waals surface area contributed by atoms with Crippen LogP contribution < -0.4 is 11.1 Å². The Balaban J connectivity index is 1.51. The molecule has 156 valence electrons. The summed E-state index contributed by atoms with van der Waals surface area (Å²) in [6.07, 6.45) is 0.807. The fourth-order valence-electron chi connectivity index (χ4n) is 3.24. The number of allylic oxidation sites excluding steroid dienone is 1. The molecular formula is C14H12N8O5S3. The third-order valence-corrected chi connectivity index (χ3v) is 6.98. The predicted octanol–water partition coefficient (Wildman–Crippen LogP) is 0.357. The highest BCUT2D eigenvalue weighted by molar-refractivity contribution is 8.04. The quantitative estimate of drug-likeness (QED) is 0.375. The van der Waals surface area contributed by atoms with Gasteiger partial charge in [-0.1, -0.05) is 23.1 Å². The molecule has 0 saturated carbocycles. The van der Waals surface area contributed by atoms with E-state index in [1.54, 1.807) is 0 Å². The van der Waals surface area contributed by atoms with Gasteiger partial charge in [-0.15, -0.1) is 15.1 Å². The second-order valence-electron chi connectivity index (χ2n) is 6.18. The number of nitrogens with two attached hydrogens (primary N) is 1. The Labute approximate surface area is 179 Å². The van der Waals surface area contributed by atoms with E-state index >= 15 is 0 Å². The van der Waals surface area contributed by atoms with E-state index in [4.69, 9.17) is 5.73 Å². The Hall–Kier alpha value is -2.98. The van der Waals surface area contributed by atoms with Crippen LogP contribution in [-0.2, 0) is 14.4 Å². The summed E-state index contributed by atoms with van der Waals surface area (Å²) in [5.74, 6) is -2.84. The number of nitrogen functional groups attached to an aromatic ring is 1. The number of carbonyl (C=O) groups excluding carboxylic acids is 2. The number of aromatic nitrogens is 4. The van der Waals surface area contributed by atoms with Gasteiger partial charge in [-0.25, -0.2) is 9.78 Å². The summed E-state index contributed by atoms with van der Waals surface area (Å²) in [5.41, 5.74) is 6.85. The van der Waals surface area contributed by atoms with Gasteiger partial charge in [-0.05, 0) is 18.0 Å². The van der Waals surface area contributed by atoms with E-state index in [1.807, 2.05) is 0 Å². The molecule has 4 heterocycles. The zero-order valence-electron chi connectivity index (χ0n) is 14.8. The predicted molar refractivity (Wildman–Crippen MR) is 105 cm³/mol. The van der Waals surface area contributed by atoms with Crippen molar-refractivity contribution in [2.45, 2.75) is 35.3 Å². The van der Waals surface area contributed by atoms with E-state index in [9.17, 15) is 24.4 Å². The van der Waals surface area contributed by atoms with E-state index in [0.717, 1.165) is 28.2 Å². The molecular weight excluding hydrogens is 456 g/mol. The van der Waals surface area contributed by atoms with E-state index < -0.39 is 35.9 Å². The number of carboxylic acids is 1. The van der Waals surface area contributed by atoms with Crippen molar-refractivity contribution < 1.29 is 19.5 Å². The van der Waals surface area contributed by atoms with Crippen LogP contribution in [0, 0.1) is 4.91 Å². The Morgan fingerprint density at radius 1 is 1.47 bits per heavy atom. The number of nitroso groups, excluding NO2 is 1. The molecule has 1 saturated heterocycles. The van der Waals surface area contributed by atoms with Gasteiger partial charge >= 0.3 is 5.97 Å². The summed E-state index contributed by atoms with van der Waals surface area (Å²) >= 11 is 3.22. The number of thioether (sulfide) groups is 1. The monoisotopic (exact) mass is 468 g/mol. The second-order valence-corrected chi connectivity index (χ2v) is 9.14. The smallest absolute Gasteiger partial charge is 0.353 e. The number of hydrogen-bond acceptors (Lipinski definition) is 13. The lowest BCUT2D eigenvalue weighted by Crippen LogP contribution is -2.71. The van der Waals surface area contributed by atoms with Crippen LogP contribution in [0.1, 0.15) is 24.7 Å². The average Bonchev–Trinajstić information content (AvgIpc) is 3.38. The maximum atomic E-state index is 12.7. The molecule has 4 rings (SSSR count). The van der Waals surface area contributed by atoms with Crippen LogP contribution in [-0.4, -0.2) is 59.4 Å². The minimum atomic E-state index is -1.55. The highest BCUT2D eigenvalue weighted by Gasteiger charge is 2.54. The van der Waals surface area contributed by atoms with Crippen molar-refractivity contribution in [3.8, 4) is 0 Å². The van der Waals surface area contributed by atoms with E-state index in [-0.39, 0.29) is 16.7 Å². The molecule has 2 aromatic rings. The number of rotatable bonds is 7. The highest BCUT2D eigenvalue weighted by Crippen LogP contribution is 2.43. The molecule has 16 heteroatoms. The van der Waals surface area contributed by atoms with Gasteiger partial charge < -0.3 is 16.2 Å². The zero-order chi connectivity index (χ0) is 21.4. The molecule has 0 bridgehead atoms. The first-order chi connectivity index (χ1) is 14.4. The third-order valence-electron chi connectivity index (χ3n) is 4.50. The molecule has 1 unspecified atom stereocenters. The van der Waals surface area contributed by atoms with Crippen LogP contribution in [0.4, 0.5) is 5.13 Å². The fourth-order valence-corrected chi connectivity index (χ4v) is 5.41. The number of fused-ring (bicyclic) bond motifs is 1. The molecule has 3 atom stereocenters. The van der Waals surface area contributed by atoms with Crippen LogP contribution in [0.2, 0.25) is 0 Å². The molecule has 2 amide bonds. The Morgan fingerprint density at radius 2 is 2.27 bits per heavy atom. The normalized spacial score (nSPS) is 21.6. The van der Waals surface area contributed by atoms with Gasteiger partial charge in [0, 0.05) is 16.4 Å². The van der Waals surface area contributed by atoms with Crippen molar-refractivity contribution >= 4 is 57.5 Å². The largest absolute Gasteiger partial charge is 0.477 e. The van der Waals surface area contributed by atoms with Gasteiger partial charge in [0.05, 0.1) is 6.04 Å². The second kappa shape index (κ2) is 8.04. The molecule has 2 aliphatic rings. The van der Waals surface area contributed by atoms with Crippen LogP contribution in [0.15, 0.2) is 25.6 Å². The summed E-state index contributed by atoms with van der Waals surface area (Å²) in [6.45, 7) is 0. The summed E-state index contributed by atoms with van der Waals surface area (Å²) in [5, 5.41) is 22.5. The maximum Gasteiger partial charge on any atom is 0.353 e. The highest BCUT2D eigenvalue weighted by atomic mass is 32.2. The van der Waals surface area contributed by atoms with E-state index in [0.29, 0.717) is 22.1 Å².